The fraction of sp³-hybridized carbons (Fsp3) is 0.167. The summed E-state index contributed by atoms with van der Waals surface area (Å²) in [6.07, 6.45) is 0. The second kappa shape index (κ2) is 9.85. The zero-order valence-corrected chi connectivity index (χ0v) is 18.7. The lowest BCUT2D eigenvalue weighted by Gasteiger charge is -2.34. The number of sulfonamides is 1. The van der Waals surface area contributed by atoms with E-state index in [0.29, 0.717) is 30.0 Å². The number of urea groups is 1. The number of anilines is 2. The Balaban J connectivity index is 1.32. The lowest BCUT2D eigenvalue weighted by atomic mass is 10.1. The van der Waals surface area contributed by atoms with Gasteiger partial charge in [-0.15, -0.1) is 0 Å². The lowest BCUT2D eigenvalue weighted by molar-refractivity contribution is 0.0698. The molecule has 3 amide bonds. The van der Waals surface area contributed by atoms with Crippen molar-refractivity contribution >= 4 is 33.3 Å². The number of carbonyl (C=O) groups excluding carboxylic acids is 2. The number of benzene rings is 3. The highest BCUT2D eigenvalue weighted by Crippen LogP contribution is 2.19. The van der Waals surface area contributed by atoms with Gasteiger partial charge in [0.2, 0.25) is 10.0 Å². The predicted octanol–water partition coefficient (Wildman–Crippen LogP) is 3.48. The second-order valence-electron chi connectivity index (χ2n) is 7.53. The highest BCUT2D eigenvalue weighted by atomic mass is 32.2. The number of nitrogens with zero attached hydrogens (tertiary/aromatic N) is 2. The molecular formula is C24H24N4O4S. The summed E-state index contributed by atoms with van der Waals surface area (Å²) in [5, 5.41) is 5.45. The normalized spacial score (nSPS) is 14.5. The van der Waals surface area contributed by atoms with Crippen molar-refractivity contribution in [3.05, 3.63) is 90.5 Å². The van der Waals surface area contributed by atoms with Crippen LogP contribution in [0.5, 0.6) is 0 Å². The van der Waals surface area contributed by atoms with Gasteiger partial charge in [-0.25, -0.2) is 13.2 Å². The maximum absolute atomic E-state index is 12.9. The van der Waals surface area contributed by atoms with E-state index in [1.807, 2.05) is 18.2 Å². The number of carbonyl (C=O) groups is 2. The molecular weight excluding hydrogens is 440 g/mol. The van der Waals surface area contributed by atoms with E-state index in [-0.39, 0.29) is 29.9 Å². The minimum absolute atomic E-state index is 0.174. The molecule has 0 spiro atoms. The van der Waals surface area contributed by atoms with E-state index >= 15 is 0 Å². The van der Waals surface area contributed by atoms with E-state index < -0.39 is 10.0 Å². The van der Waals surface area contributed by atoms with Crippen LogP contribution >= 0.6 is 0 Å². The Kier molecular flexibility index (Phi) is 6.71. The SMILES string of the molecule is O=C(Nc1ccccc1)Nc1ccc(C(=O)N2CCN(S(=O)(=O)c3ccccc3)CC2)cc1. The highest BCUT2D eigenvalue weighted by Gasteiger charge is 2.30. The minimum Gasteiger partial charge on any atom is -0.336 e. The minimum atomic E-state index is -3.57. The molecule has 4 rings (SSSR count). The van der Waals surface area contributed by atoms with Crippen LogP contribution in [-0.4, -0.2) is 55.7 Å². The maximum Gasteiger partial charge on any atom is 0.323 e. The van der Waals surface area contributed by atoms with Crippen molar-refractivity contribution in [3.8, 4) is 0 Å². The van der Waals surface area contributed by atoms with Crippen LogP contribution in [0, 0.1) is 0 Å². The molecule has 33 heavy (non-hydrogen) atoms. The average Bonchev–Trinajstić information content (AvgIpc) is 2.85. The molecule has 0 unspecified atom stereocenters. The monoisotopic (exact) mass is 464 g/mol. The Morgan fingerprint density at radius 1 is 0.667 bits per heavy atom. The van der Waals surface area contributed by atoms with Gasteiger partial charge in [0.15, 0.2) is 0 Å². The van der Waals surface area contributed by atoms with Crippen molar-refractivity contribution in [1.82, 2.24) is 9.21 Å². The van der Waals surface area contributed by atoms with Gasteiger partial charge < -0.3 is 15.5 Å². The number of hydrogen-bond acceptors (Lipinski definition) is 4. The molecule has 2 N–H and O–H groups in total. The summed E-state index contributed by atoms with van der Waals surface area (Å²) in [6.45, 7) is 1.10. The van der Waals surface area contributed by atoms with Crippen LogP contribution in [0.15, 0.2) is 89.8 Å². The number of hydrogen-bond donors (Lipinski definition) is 2. The zero-order chi connectivity index (χ0) is 23.3. The van der Waals surface area contributed by atoms with Gasteiger partial charge in [0.25, 0.3) is 5.91 Å². The van der Waals surface area contributed by atoms with E-state index in [9.17, 15) is 18.0 Å². The van der Waals surface area contributed by atoms with Gasteiger partial charge in [-0.3, -0.25) is 4.79 Å². The van der Waals surface area contributed by atoms with Crippen molar-refractivity contribution in [1.29, 1.82) is 0 Å². The van der Waals surface area contributed by atoms with Crippen molar-refractivity contribution in [2.75, 3.05) is 36.8 Å². The van der Waals surface area contributed by atoms with Crippen LogP contribution in [0.25, 0.3) is 0 Å². The van der Waals surface area contributed by atoms with Crippen LogP contribution in [-0.2, 0) is 10.0 Å². The van der Waals surface area contributed by atoms with Crippen molar-refractivity contribution in [2.45, 2.75) is 4.90 Å². The van der Waals surface area contributed by atoms with E-state index in [0.717, 1.165) is 0 Å². The molecule has 1 aliphatic heterocycles. The molecule has 1 aliphatic rings. The summed E-state index contributed by atoms with van der Waals surface area (Å²) in [4.78, 5) is 26.9. The molecule has 3 aromatic carbocycles. The summed E-state index contributed by atoms with van der Waals surface area (Å²) in [5.74, 6) is -0.174. The van der Waals surface area contributed by atoms with Crippen molar-refractivity contribution in [2.24, 2.45) is 0 Å². The first-order chi connectivity index (χ1) is 15.9. The molecule has 0 bridgehead atoms. The third-order valence-corrected chi connectivity index (χ3v) is 7.24. The largest absolute Gasteiger partial charge is 0.336 e. The van der Waals surface area contributed by atoms with Crippen LogP contribution in [0.3, 0.4) is 0 Å². The quantitative estimate of drug-likeness (QED) is 0.604. The van der Waals surface area contributed by atoms with Gasteiger partial charge in [0.1, 0.15) is 0 Å². The summed E-state index contributed by atoms with van der Waals surface area (Å²) >= 11 is 0. The maximum atomic E-state index is 12.9. The summed E-state index contributed by atoms with van der Waals surface area (Å²) in [6, 6.07) is 23.6. The Hall–Kier alpha value is -3.69. The Bertz CT molecular complexity index is 1210. The van der Waals surface area contributed by atoms with Crippen molar-refractivity contribution in [3.63, 3.8) is 0 Å². The predicted molar refractivity (Wildman–Crippen MR) is 127 cm³/mol. The Morgan fingerprint density at radius 2 is 1.18 bits per heavy atom. The Morgan fingerprint density at radius 3 is 1.76 bits per heavy atom. The molecule has 0 aliphatic carbocycles. The number of piperazine rings is 1. The zero-order valence-electron chi connectivity index (χ0n) is 17.8. The number of nitrogens with one attached hydrogen (secondary N) is 2. The lowest BCUT2D eigenvalue weighted by Crippen LogP contribution is -2.50. The van der Waals surface area contributed by atoms with Gasteiger partial charge in [0.05, 0.1) is 4.90 Å². The second-order valence-corrected chi connectivity index (χ2v) is 9.47. The number of amides is 3. The van der Waals surface area contributed by atoms with Crippen molar-refractivity contribution < 1.29 is 18.0 Å². The molecule has 0 radical (unpaired) electrons. The Labute approximate surface area is 192 Å². The first-order valence-corrected chi connectivity index (χ1v) is 11.9. The first-order valence-electron chi connectivity index (χ1n) is 10.5. The van der Waals surface area contributed by atoms with Crippen LogP contribution in [0.2, 0.25) is 0 Å². The summed E-state index contributed by atoms with van der Waals surface area (Å²) < 4.78 is 26.9. The molecule has 0 aromatic heterocycles. The molecule has 1 heterocycles. The third-order valence-electron chi connectivity index (χ3n) is 5.33. The fourth-order valence-corrected chi connectivity index (χ4v) is 5.01. The standard InChI is InChI=1S/C24H24N4O4S/c29-23(27-15-17-28(18-16-27)33(31,32)22-9-5-2-6-10-22)19-11-13-21(14-12-19)26-24(30)25-20-7-3-1-4-8-20/h1-14H,15-18H2,(H2,25,26,30). The van der Waals surface area contributed by atoms with E-state index in [1.165, 1.54) is 4.31 Å². The number of rotatable bonds is 5. The van der Waals surface area contributed by atoms with E-state index in [1.54, 1.807) is 71.6 Å². The van der Waals surface area contributed by atoms with E-state index in [2.05, 4.69) is 10.6 Å². The average molecular weight is 465 g/mol. The molecule has 1 fully saturated rings. The molecule has 3 aromatic rings. The first kappa shape index (κ1) is 22.5. The van der Waals surface area contributed by atoms with Gasteiger partial charge in [-0.05, 0) is 48.5 Å². The molecule has 9 heteroatoms. The topological polar surface area (TPSA) is 98.8 Å². The third kappa shape index (κ3) is 5.39. The van der Waals surface area contributed by atoms with E-state index in [4.69, 9.17) is 0 Å². The summed E-state index contributed by atoms with van der Waals surface area (Å²) in [5.41, 5.74) is 1.71. The molecule has 8 nitrogen and oxygen atoms in total. The highest BCUT2D eigenvalue weighted by molar-refractivity contribution is 7.89. The van der Waals surface area contributed by atoms with Gasteiger partial charge >= 0.3 is 6.03 Å². The smallest absolute Gasteiger partial charge is 0.323 e. The molecule has 0 atom stereocenters. The van der Waals surface area contributed by atoms with Gasteiger partial charge in [-0.2, -0.15) is 4.31 Å². The molecule has 170 valence electrons. The van der Waals surface area contributed by atoms with Crippen LogP contribution in [0.1, 0.15) is 10.4 Å². The van der Waals surface area contributed by atoms with Crippen LogP contribution < -0.4 is 10.6 Å². The molecule has 1 saturated heterocycles. The van der Waals surface area contributed by atoms with Gasteiger partial charge in [-0.1, -0.05) is 36.4 Å². The van der Waals surface area contributed by atoms with Gasteiger partial charge in [0, 0.05) is 43.1 Å². The summed E-state index contributed by atoms with van der Waals surface area (Å²) in [7, 11) is -3.57. The fourth-order valence-electron chi connectivity index (χ4n) is 3.57. The number of para-hydroxylation sites is 1. The molecule has 0 saturated carbocycles. The van der Waals surface area contributed by atoms with Crippen LogP contribution in [0.4, 0.5) is 16.2 Å².